The highest BCUT2D eigenvalue weighted by Gasteiger charge is 2.38. The predicted molar refractivity (Wildman–Crippen MR) is 565 cm³/mol. The molecule has 0 saturated carbocycles. The van der Waals surface area contributed by atoms with Crippen molar-refractivity contribution in [3.05, 3.63) is 34.9 Å². The van der Waals surface area contributed by atoms with Crippen molar-refractivity contribution in [3.63, 3.8) is 0 Å². The fraction of sp³-hybridized carbons (Fsp3) is 0.0902. The van der Waals surface area contributed by atoms with Crippen LogP contribution in [-0.2, 0) is 39.1 Å². The fourth-order valence-electron chi connectivity index (χ4n) is 6.74. The summed E-state index contributed by atoms with van der Waals surface area (Å²) in [6, 6.07) is 0. The number of hydrogen-bond acceptors (Lipinski definition) is 10. The zero-order valence-corrected chi connectivity index (χ0v) is 78.8. The van der Waals surface area contributed by atoms with Gasteiger partial charge in [0, 0.05) is 594 Å². The fourth-order valence-corrected chi connectivity index (χ4v) is 7.58. The van der Waals surface area contributed by atoms with Crippen LogP contribution in [0.5, 0.6) is 0 Å². The lowest BCUT2D eigenvalue weighted by atomic mass is 9.76. The summed E-state index contributed by atoms with van der Waals surface area (Å²) in [5.41, 5.74) is 0.249. The number of nitrogens with zero attached hydrogens (tertiary/aromatic N) is 5. The first-order valence-corrected chi connectivity index (χ1v) is 39.9. The number of ether oxygens (including phenoxy) is 2. The van der Waals surface area contributed by atoms with Gasteiger partial charge in [-0.15, -0.1) is 11.3 Å². The minimum atomic E-state index is -4.51. The van der Waals surface area contributed by atoms with Crippen LogP contribution in [-0.4, -0.2) is 71.0 Å². The Labute approximate surface area is 873 Å². The number of esters is 2. The number of aryl methyl sites for hydroxylation is 2. The summed E-state index contributed by atoms with van der Waals surface area (Å²) in [6.07, 6.45) is -1.65. The van der Waals surface area contributed by atoms with E-state index >= 15 is 0 Å². The summed E-state index contributed by atoms with van der Waals surface area (Å²) >= 11 is 0.793. The number of aromatic nitrogens is 5. The molecule has 0 bridgehead atoms. The molecule has 0 unspecified atom stereocenters. The number of methoxy groups -OCH3 is 2. The SMILES string of the molecule is CC#CC#CC#CC#CC#CC#CC#CC#CC#CC#CC#CC#CC#CC#CC#CC#CC#CC#CC#CC#CC#CC#CC#CC#CC#CC#CC#CC#CC#CC#CC#CC#CC#CC#CC#CC#CC#CC#CC#CC#CC#CC#CC#CC#CC#CC#CC#CC#CC#CC#CC#CC#CC#CC#CC#CC.COC(=O)c1c(-c2nc(C(F)(F)F)cs2)cnn1C.COC(=O)c1c(B2OCC(C)(C)CO2)cnn1C. The second kappa shape index (κ2) is 87.2. The molecule has 4 rings (SSSR count). The normalized spacial score (nSPS) is 6.74. The first-order chi connectivity index (χ1) is 73.2. The lowest BCUT2D eigenvalue weighted by Gasteiger charge is -2.32. The van der Waals surface area contributed by atoms with E-state index in [1.165, 1.54) is 36.8 Å². The van der Waals surface area contributed by atoms with E-state index in [0.717, 1.165) is 16.7 Å². The van der Waals surface area contributed by atoms with Crippen LogP contribution in [0.3, 0.4) is 0 Å². The van der Waals surface area contributed by atoms with Crippen LogP contribution >= 0.6 is 11.3 Å². The van der Waals surface area contributed by atoms with E-state index in [1.807, 2.05) is 0 Å². The van der Waals surface area contributed by atoms with E-state index in [1.54, 1.807) is 27.1 Å². The van der Waals surface area contributed by atoms with Crippen molar-refractivity contribution in [2.75, 3.05) is 27.4 Å². The van der Waals surface area contributed by atoms with Gasteiger partial charge in [-0.05, 0) is 109 Å². The zero-order valence-electron chi connectivity index (χ0n) is 78.0. The molecule has 149 heavy (non-hydrogen) atoms. The molecule has 1 aliphatic rings. The largest absolute Gasteiger partial charge is 0.498 e. The van der Waals surface area contributed by atoms with Gasteiger partial charge in [-0.25, -0.2) is 14.6 Å². The summed E-state index contributed by atoms with van der Waals surface area (Å²) < 4.78 is 60.7. The molecule has 0 atom stereocenters. The summed E-state index contributed by atoms with van der Waals surface area (Å²) in [6.45, 7) is 8.64. The van der Waals surface area contributed by atoms with Gasteiger partial charge in [-0.1, -0.05) is 25.7 Å². The molecule has 0 N–H and O–H groups in total. The van der Waals surface area contributed by atoms with Gasteiger partial charge in [0.1, 0.15) is 10.7 Å². The minimum absolute atomic E-state index is 0.00978. The lowest BCUT2D eigenvalue weighted by molar-refractivity contribution is -0.140. The van der Waals surface area contributed by atoms with E-state index < -0.39 is 30.9 Å². The van der Waals surface area contributed by atoms with Gasteiger partial charge in [0.05, 0.1) is 26.0 Å². The summed E-state index contributed by atoms with van der Waals surface area (Å²) in [5, 5.41) is 8.85. The maximum absolute atomic E-state index is 12.5. The molecule has 11 nitrogen and oxygen atoms in total. The molecule has 0 amide bonds. The standard InChI is InChI=1S/C112H6.C11H17BN2O4.C10H8F3N3O2S/c1-3-5-7-9-11-13-15-17-19-21-23-25-27-29-31-33-35-37-39-41-43-45-47-49-51-53-55-57-59-61-63-65-67-69-71-73-75-77-79-81-83-85-87-89-91-93-95-97-99-101-103-105-107-109-111-112-110-108-106-104-102-100-98-96-94-92-90-88-86-84-82-80-78-76-74-72-70-68-66-64-62-60-58-56-54-52-50-48-46-44-42-40-38-36-34-32-30-28-26-24-22-20-18-16-14-12-10-8-6-4-2;1-11(2)6-17-12(18-7-11)8-5-13-14(3)9(8)10(15)16-4;1-16-7(9(17)18-2)5(3-14-16)8-15-6(4-19-8)10(11,12)13/h1-2H3;5H,6-7H2,1-4H3;3-4H,1-2H3. The Morgan fingerprint density at radius 2 is 0.436 bits per heavy atom. The van der Waals surface area contributed by atoms with Gasteiger partial charge in [-0.2, -0.15) is 23.4 Å². The molecule has 654 valence electrons. The quantitative estimate of drug-likeness (QED) is 0.220. The molecule has 3 aromatic heterocycles. The van der Waals surface area contributed by atoms with Gasteiger partial charge >= 0.3 is 25.2 Å². The third-order valence-corrected chi connectivity index (χ3v) is 13.0. The lowest BCUT2D eigenvalue weighted by Crippen LogP contribution is -2.48. The average molecular weight is 1890 g/mol. The Kier molecular flexibility index (Phi) is 68.9. The monoisotopic (exact) mass is 1890 g/mol. The number of rotatable bonds is 4. The summed E-state index contributed by atoms with van der Waals surface area (Å²) in [7, 11) is 5.14. The van der Waals surface area contributed by atoms with Crippen molar-refractivity contribution in [1.82, 2.24) is 24.5 Å². The van der Waals surface area contributed by atoms with E-state index in [2.05, 4.69) is 685 Å². The highest BCUT2D eigenvalue weighted by Crippen LogP contribution is 2.35. The van der Waals surface area contributed by atoms with Crippen LogP contribution in [0.1, 0.15) is 54.4 Å². The van der Waals surface area contributed by atoms with E-state index in [4.69, 9.17) is 14.0 Å². The van der Waals surface area contributed by atoms with Crippen LogP contribution in [0.2, 0.25) is 0 Å². The molecular weight excluding hydrogens is 1860 g/mol. The average Bonchev–Trinajstić information content (AvgIpc) is 1.67. The second-order valence-electron chi connectivity index (χ2n) is 22.7. The number of thiazole rings is 1. The molecule has 1 aliphatic heterocycles. The van der Waals surface area contributed by atoms with Crippen molar-refractivity contribution in [1.29, 1.82) is 0 Å². The van der Waals surface area contributed by atoms with Gasteiger partial charge in [0.15, 0.2) is 11.4 Å². The van der Waals surface area contributed by atoms with Gasteiger partial charge in [-0.3, -0.25) is 9.36 Å². The van der Waals surface area contributed by atoms with Crippen LogP contribution in [0.4, 0.5) is 13.2 Å². The Bertz CT molecular complexity index is 9510. The minimum Gasteiger partial charge on any atom is -0.464 e. The predicted octanol–water partition coefficient (Wildman–Crippen LogP) is 3.54. The molecule has 0 spiro atoms. The molecule has 0 radical (unpaired) electrons. The maximum atomic E-state index is 12.5. The molecule has 1 saturated heterocycles. The van der Waals surface area contributed by atoms with E-state index in [0.29, 0.717) is 24.4 Å². The van der Waals surface area contributed by atoms with E-state index in [-0.39, 0.29) is 21.7 Å². The van der Waals surface area contributed by atoms with Crippen molar-refractivity contribution in [2.24, 2.45) is 19.5 Å². The Balaban J connectivity index is 0.00000165. The molecule has 0 aromatic carbocycles. The van der Waals surface area contributed by atoms with Gasteiger partial charge in [0.2, 0.25) is 0 Å². The second-order valence-corrected chi connectivity index (χ2v) is 23.6. The smallest absolute Gasteiger partial charge is 0.464 e. The zero-order chi connectivity index (χ0) is 107. The number of hydrogen-bond donors (Lipinski definition) is 0. The number of halogens is 3. The van der Waals surface area contributed by atoms with Gasteiger partial charge in [0.25, 0.3) is 0 Å². The summed E-state index contributed by atoms with van der Waals surface area (Å²) in [5.74, 6) is 275. The van der Waals surface area contributed by atoms with Crippen LogP contribution in [0.25, 0.3) is 10.6 Å². The number of alkyl halides is 3. The summed E-state index contributed by atoms with van der Waals surface area (Å²) in [4.78, 5) is 26.7. The number of carbonyl (C=O) groups excluding carboxylic acids is 2. The molecular formula is C133H31BF3N5O6S. The Morgan fingerprint density at radius 1 is 0.282 bits per heavy atom. The third-order valence-electron chi connectivity index (χ3n) is 12.1. The van der Waals surface area contributed by atoms with Crippen LogP contribution in [0.15, 0.2) is 17.8 Å². The Morgan fingerprint density at radius 3 is 0.591 bits per heavy atom. The molecule has 3 aromatic rings. The van der Waals surface area contributed by atoms with Crippen molar-refractivity contribution in [2.45, 2.75) is 33.9 Å². The first-order valence-electron chi connectivity index (χ1n) is 39.0. The molecule has 16 heteroatoms. The van der Waals surface area contributed by atoms with Crippen LogP contribution < -0.4 is 5.46 Å². The van der Waals surface area contributed by atoms with Crippen LogP contribution in [0, 0.1) is 657 Å². The number of carbonyl (C=O) groups is 2. The highest BCUT2D eigenvalue weighted by molar-refractivity contribution is 7.13. The third kappa shape index (κ3) is 70.9. The Hall–Kier alpha value is -27.4. The van der Waals surface area contributed by atoms with Crippen molar-refractivity contribution < 1.29 is 41.5 Å². The highest BCUT2D eigenvalue weighted by atomic mass is 32.1. The van der Waals surface area contributed by atoms with E-state index in [9.17, 15) is 22.8 Å². The maximum Gasteiger partial charge on any atom is 0.498 e. The molecule has 4 heterocycles. The first kappa shape index (κ1) is 118. The van der Waals surface area contributed by atoms with Gasteiger partial charge < -0.3 is 18.8 Å². The van der Waals surface area contributed by atoms with Crippen molar-refractivity contribution in [3.8, 4) is 662 Å². The topological polar surface area (TPSA) is 120 Å². The van der Waals surface area contributed by atoms with Crippen molar-refractivity contribution >= 4 is 35.9 Å². The molecule has 0 aliphatic carbocycles. The molecule has 1 fully saturated rings.